The molecule has 42 heavy (non-hydrogen) atoms. The summed E-state index contributed by atoms with van der Waals surface area (Å²) < 4.78 is 11.0. The minimum atomic E-state index is -0.0134. The van der Waals surface area contributed by atoms with Crippen molar-refractivity contribution in [2.45, 2.75) is 109 Å². The predicted octanol–water partition coefficient (Wildman–Crippen LogP) is 5.97. The Morgan fingerprint density at radius 1 is 0.905 bits per heavy atom. The highest BCUT2D eigenvalue weighted by Gasteiger charge is 2.37. The lowest BCUT2D eigenvalue weighted by atomic mass is 9.88. The van der Waals surface area contributed by atoms with Crippen LogP contribution in [0.1, 0.15) is 80.7 Å². The van der Waals surface area contributed by atoms with Crippen molar-refractivity contribution in [3.63, 3.8) is 0 Å². The highest BCUT2D eigenvalue weighted by molar-refractivity contribution is 7.98. The van der Waals surface area contributed by atoms with Crippen molar-refractivity contribution in [2.24, 2.45) is 11.8 Å². The number of aryl methyl sites for hydroxylation is 2. The molecule has 3 N–H and O–H groups in total. The van der Waals surface area contributed by atoms with E-state index in [1.807, 2.05) is 11.9 Å². The summed E-state index contributed by atoms with van der Waals surface area (Å²) in [6, 6.07) is 18.5. The highest BCUT2D eigenvalue weighted by Crippen LogP contribution is 2.35. The average Bonchev–Trinajstić information content (AvgIpc) is 3.09. The molecular weight excluding hydrogens is 538 g/mol. The van der Waals surface area contributed by atoms with Crippen LogP contribution in [0.3, 0.4) is 0 Å². The largest absolute Gasteiger partial charge is 0.357 e. The number of nitrogens with one attached hydrogen (secondary N) is 3. The molecule has 3 heterocycles. The zero-order chi connectivity index (χ0) is 29.1. The molecule has 230 valence electrons. The number of nitrogens with zero attached hydrogens (tertiary/aromatic N) is 2. The standard InChI is InChI=1S/C35H53N5OS/c1-24(2)16-29-21-39-19-28-14-9-15-31(17-28)42-38-35-36-32(34-25(3)10-8-11-26(34)4)18-33(37-35)41-30(22-39)23-40(29)20-27-12-6-5-7-13-27/h5-8,10-13,24,28-33,35-38H,9,14-23H2,1-4H3/t28?,29-,30+,31?,32?,33?,35?/m0/s1. The summed E-state index contributed by atoms with van der Waals surface area (Å²) in [5.74, 6) is 1.44. The van der Waals surface area contributed by atoms with E-state index in [0.29, 0.717) is 17.2 Å². The van der Waals surface area contributed by atoms with Gasteiger partial charge >= 0.3 is 0 Å². The van der Waals surface area contributed by atoms with E-state index in [9.17, 15) is 0 Å². The lowest BCUT2D eigenvalue weighted by Gasteiger charge is -2.41. The summed E-state index contributed by atoms with van der Waals surface area (Å²) >= 11 is 1.95. The van der Waals surface area contributed by atoms with Gasteiger partial charge in [0.05, 0.1) is 6.10 Å². The molecule has 0 radical (unpaired) electrons. The minimum absolute atomic E-state index is 0.00915. The normalized spacial score (nSPS) is 34.6. The van der Waals surface area contributed by atoms with E-state index in [1.165, 1.54) is 60.9 Å². The SMILES string of the molecule is Cc1cccc(C)c1C1CC2NC(NSC3CCCC(C3)CN3C[C@H](CN(Cc4ccccc4)[C@@H](CC(C)C)C3)O2)N1. The number of hydrogen-bond donors (Lipinski definition) is 3. The van der Waals surface area contributed by atoms with Crippen LogP contribution < -0.4 is 15.4 Å². The van der Waals surface area contributed by atoms with E-state index in [4.69, 9.17) is 4.74 Å². The van der Waals surface area contributed by atoms with Crippen LogP contribution in [-0.2, 0) is 11.3 Å². The quantitative estimate of drug-likeness (QED) is 0.371. The number of benzene rings is 2. The molecule has 3 aliphatic heterocycles. The van der Waals surface area contributed by atoms with Gasteiger partial charge in [0.1, 0.15) is 12.5 Å². The smallest absolute Gasteiger partial charge is 0.123 e. The van der Waals surface area contributed by atoms with Gasteiger partial charge < -0.3 is 4.74 Å². The van der Waals surface area contributed by atoms with Crippen LogP contribution in [0.15, 0.2) is 48.5 Å². The molecule has 0 aromatic heterocycles. The van der Waals surface area contributed by atoms with E-state index in [2.05, 4.69) is 101 Å². The molecule has 6 rings (SSSR count). The minimum Gasteiger partial charge on any atom is -0.357 e. The molecule has 6 unspecified atom stereocenters. The molecule has 6 nitrogen and oxygen atoms in total. The van der Waals surface area contributed by atoms with E-state index in [-0.39, 0.29) is 24.7 Å². The molecule has 3 saturated heterocycles. The molecule has 2 aromatic rings. The summed E-state index contributed by atoms with van der Waals surface area (Å²) in [6.07, 6.45) is 7.62. The van der Waals surface area contributed by atoms with Gasteiger partial charge in [0.15, 0.2) is 0 Å². The van der Waals surface area contributed by atoms with Crippen LogP contribution in [0, 0.1) is 25.7 Å². The van der Waals surface area contributed by atoms with Gasteiger partial charge in [-0.25, -0.2) is 4.72 Å². The molecule has 8 atom stereocenters. The Labute approximate surface area is 258 Å². The lowest BCUT2D eigenvalue weighted by Crippen LogP contribution is -2.62. The van der Waals surface area contributed by atoms with Gasteiger partial charge in [0.2, 0.25) is 0 Å². The van der Waals surface area contributed by atoms with E-state index < -0.39 is 0 Å². The van der Waals surface area contributed by atoms with Crippen molar-refractivity contribution >= 4 is 11.9 Å². The third-order valence-electron chi connectivity index (χ3n) is 9.88. The first-order valence-corrected chi connectivity index (χ1v) is 17.4. The Balaban J connectivity index is 1.30. The Kier molecular flexibility index (Phi) is 10.3. The van der Waals surface area contributed by atoms with Crippen LogP contribution in [0.5, 0.6) is 0 Å². The summed E-state index contributed by atoms with van der Waals surface area (Å²) in [5, 5.41) is 8.42. The Morgan fingerprint density at radius 2 is 1.71 bits per heavy atom. The predicted molar refractivity (Wildman–Crippen MR) is 175 cm³/mol. The third-order valence-corrected chi connectivity index (χ3v) is 11.0. The maximum absolute atomic E-state index is 7.17. The molecule has 0 spiro atoms. The monoisotopic (exact) mass is 591 g/mol. The van der Waals surface area contributed by atoms with Crippen molar-refractivity contribution in [1.29, 1.82) is 0 Å². The fraction of sp³-hybridized carbons (Fsp3) is 0.657. The number of hydrogen-bond acceptors (Lipinski definition) is 7. The Bertz CT molecular complexity index is 1130. The van der Waals surface area contributed by atoms with Gasteiger partial charge in [-0.1, -0.05) is 80.7 Å². The Hall–Kier alpha value is -1.45. The molecule has 7 heteroatoms. The zero-order valence-electron chi connectivity index (χ0n) is 26.2. The van der Waals surface area contributed by atoms with E-state index in [0.717, 1.165) is 38.5 Å². The summed E-state index contributed by atoms with van der Waals surface area (Å²) in [6.45, 7) is 14.6. The molecule has 2 aromatic carbocycles. The van der Waals surface area contributed by atoms with Gasteiger partial charge in [-0.05, 0) is 73.6 Å². The van der Waals surface area contributed by atoms with Crippen molar-refractivity contribution < 1.29 is 4.74 Å². The summed E-state index contributed by atoms with van der Waals surface area (Å²) in [5.41, 5.74) is 5.55. The lowest BCUT2D eigenvalue weighted by molar-refractivity contribution is -0.0773. The second-order valence-electron chi connectivity index (χ2n) is 13.9. The van der Waals surface area contributed by atoms with Gasteiger partial charge in [-0.15, -0.1) is 0 Å². The molecule has 1 saturated carbocycles. The highest BCUT2D eigenvalue weighted by atomic mass is 32.2. The average molecular weight is 592 g/mol. The van der Waals surface area contributed by atoms with Gasteiger partial charge in [-0.2, -0.15) is 0 Å². The maximum atomic E-state index is 7.17. The second-order valence-corrected chi connectivity index (χ2v) is 15.1. The topological polar surface area (TPSA) is 51.8 Å². The molecule has 1 aliphatic carbocycles. The van der Waals surface area contributed by atoms with Gasteiger partial charge in [0, 0.05) is 56.5 Å². The van der Waals surface area contributed by atoms with Gasteiger partial charge in [0.25, 0.3) is 0 Å². The number of fused-ring (bicyclic) bond motifs is 6. The van der Waals surface area contributed by atoms with Crippen LogP contribution >= 0.6 is 11.9 Å². The molecular formula is C35H53N5OS. The number of ether oxygens (including phenoxy) is 1. The third kappa shape index (κ3) is 7.79. The molecule has 6 bridgehead atoms. The van der Waals surface area contributed by atoms with Crippen LogP contribution in [-0.4, -0.2) is 65.9 Å². The fourth-order valence-corrected chi connectivity index (χ4v) is 9.18. The maximum Gasteiger partial charge on any atom is 0.123 e. The zero-order valence-corrected chi connectivity index (χ0v) is 27.0. The first kappa shape index (κ1) is 30.6. The molecule has 0 amide bonds. The van der Waals surface area contributed by atoms with Crippen molar-refractivity contribution in [2.75, 3.05) is 26.2 Å². The van der Waals surface area contributed by atoms with Crippen molar-refractivity contribution in [1.82, 2.24) is 25.2 Å². The summed E-state index contributed by atoms with van der Waals surface area (Å²) in [7, 11) is 0. The number of rotatable bonds is 5. The summed E-state index contributed by atoms with van der Waals surface area (Å²) in [4.78, 5) is 5.55. The van der Waals surface area contributed by atoms with Gasteiger partial charge in [-0.3, -0.25) is 20.4 Å². The molecule has 4 aliphatic rings. The van der Waals surface area contributed by atoms with Crippen LogP contribution in [0.2, 0.25) is 0 Å². The van der Waals surface area contributed by atoms with Crippen molar-refractivity contribution in [3.05, 3.63) is 70.8 Å². The molecule has 4 fully saturated rings. The van der Waals surface area contributed by atoms with Crippen LogP contribution in [0.25, 0.3) is 0 Å². The van der Waals surface area contributed by atoms with Crippen LogP contribution in [0.4, 0.5) is 0 Å². The van der Waals surface area contributed by atoms with E-state index >= 15 is 0 Å². The first-order valence-electron chi connectivity index (χ1n) is 16.5. The van der Waals surface area contributed by atoms with E-state index in [1.54, 1.807) is 0 Å². The van der Waals surface area contributed by atoms with Crippen molar-refractivity contribution in [3.8, 4) is 0 Å². The fourth-order valence-electron chi connectivity index (χ4n) is 8.06. The first-order chi connectivity index (χ1) is 20.4. The Morgan fingerprint density at radius 3 is 2.50 bits per heavy atom. The second kappa shape index (κ2) is 14.1.